The zero-order valence-electron chi connectivity index (χ0n) is 16.4. The zero-order chi connectivity index (χ0) is 22.8. The number of thioether (sulfide) groups is 1. The Morgan fingerprint density at radius 2 is 1.52 bits per heavy atom. The second-order valence-electron chi connectivity index (χ2n) is 6.82. The number of piperazine rings is 1. The lowest BCUT2D eigenvalue weighted by Gasteiger charge is -2.34. The van der Waals surface area contributed by atoms with Crippen LogP contribution in [0.5, 0.6) is 0 Å². The van der Waals surface area contributed by atoms with Gasteiger partial charge in [0.25, 0.3) is 5.91 Å². The van der Waals surface area contributed by atoms with Gasteiger partial charge in [0.2, 0.25) is 10.0 Å². The molecule has 1 amide bonds. The van der Waals surface area contributed by atoms with E-state index < -0.39 is 21.4 Å². The molecule has 166 valence electrons. The van der Waals surface area contributed by atoms with Crippen LogP contribution in [0.4, 0.5) is 13.2 Å². The van der Waals surface area contributed by atoms with Crippen LogP contribution in [-0.4, -0.2) is 61.0 Å². The Bertz CT molecular complexity index is 1080. The van der Waals surface area contributed by atoms with Crippen molar-refractivity contribution < 1.29 is 31.2 Å². The van der Waals surface area contributed by atoms with E-state index in [0.717, 1.165) is 0 Å². The molecule has 31 heavy (non-hydrogen) atoms. The molecule has 1 aliphatic heterocycles. The van der Waals surface area contributed by atoms with Crippen LogP contribution in [0, 0.1) is 0 Å². The summed E-state index contributed by atoms with van der Waals surface area (Å²) in [5.74, 6) is -0.754. The summed E-state index contributed by atoms with van der Waals surface area (Å²) >= 11 is -0.353. The molecule has 0 bridgehead atoms. The molecule has 0 saturated carbocycles. The Morgan fingerprint density at radius 1 is 0.935 bits per heavy atom. The molecular weight excluding hydrogens is 453 g/mol. The van der Waals surface area contributed by atoms with Gasteiger partial charge in [0.15, 0.2) is 5.78 Å². The first-order chi connectivity index (χ1) is 14.5. The molecule has 1 heterocycles. The number of halogens is 3. The van der Waals surface area contributed by atoms with Gasteiger partial charge in [-0.2, -0.15) is 17.5 Å². The van der Waals surface area contributed by atoms with Crippen molar-refractivity contribution >= 4 is 33.5 Å². The maximum atomic E-state index is 12.8. The molecule has 1 fully saturated rings. The van der Waals surface area contributed by atoms with Crippen LogP contribution < -0.4 is 0 Å². The Hall–Kier alpha value is -2.37. The molecule has 0 spiro atoms. The number of nitrogens with zero attached hydrogens (tertiary/aromatic N) is 2. The van der Waals surface area contributed by atoms with Crippen molar-refractivity contribution in [1.82, 2.24) is 9.21 Å². The molecule has 0 N–H and O–H groups in total. The van der Waals surface area contributed by atoms with Crippen molar-refractivity contribution in [2.75, 3.05) is 26.2 Å². The van der Waals surface area contributed by atoms with E-state index in [4.69, 9.17) is 0 Å². The molecule has 11 heteroatoms. The summed E-state index contributed by atoms with van der Waals surface area (Å²) in [6.07, 6.45) is 0. The summed E-state index contributed by atoms with van der Waals surface area (Å²) in [4.78, 5) is 25.3. The summed E-state index contributed by atoms with van der Waals surface area (Å²) in [7, 11) is -3.82. The number of carbonyl (C=O) groups excluding carboxylic acids is 2. The van der Waals surface area contributed by atoms with E-state index in [1.807, 2.05) is 0 Å². The highest BCUT2D eigenvalue weighted by Crippen LogP contribution is 2.38. The average Bonchev–Trinajstić information content (AvgIpc) is 2.72. The highest BCUT2D eigenvalue weighted by molar-refractivity contribution is 8.00. The monoisotopic (exact) mass is 472 g/mol. The van der Waals surface area contributed by atoms with E-state index in [0.29, 0.717) is 5.56 Å². The number of alkyl halides is 3. The quantitative estimate of drug-likeness (QED) is 0.491. The number of amides is 1. The maximum absolute atomic E-state index is 12.8. The van der Waals surface area contributed by atoms with Gasteiger partial charge < -0.3 is 4.90 Å². The molecule has 0 unspecified atom stereocenters. The van der Waals surface area contributed by atoms with Gasteiger partial charge in [-0.1, -0.05) is 24.3 Å². The Kier molecular flexibility index (Phi) is 6.77. The fraction of sp³-hybridized carbons (Fsp3) is 0.300. The lowest BCUT2D eigenvalue weighted by atomic mass is 10.2. The Morgan fingerprint density at radius 3 is 2.06 bits per heavy atom. The predicted molar refractivity (Wildman–Crippen MR) is 109 cm³/mol. The largest absolute Gasteiger partial charge is 0.446 e. The van der Waals surface area contributed by atoms with Gasteiger partial charge >= 0.3 is 5.51 Å². The highest BCUT2D eigenvalue weighted by Gasteiger charge is 2.34. The van der Waals surface area contributed by atoms with Gasteiger partial charge in [0.05, 0.1) is 10.5 Å². The molecule has 0 atom stereocenters. The molecule has 1 saturated heterocycles. The molecule has 6 nitrogen and oxygen atoms in total. The first-order valence-corrected chi connectivity index (χ1v) is 11.5. The molecule has 0 radical (unpaired) electrons. The Labute approximate surface area is 182 Å². The number of benzene rings is 2. The van der Waals surface area contributed by atoms with Crippen LogP contribution in [0.3, 0.4) is 0 Å². The molecule has 0 aromatic heterocycles. The van der Waals surface area contributed by atoms with Crippen LogP contribution in [0.25, 0.3) is 0 Å². The van der Waals surface area contributed by atoms with E-state index in [9.17, 15) is 31.2 Å². The third-order valence-electron chi connectivity index (χ3n) is 4.77. The average molecular weight is 473 g/mol. The smallest absolute Gasteiger partial charge is 0.336 e. The van der Waals surface area contributed by atoms with E-state index in [2.05, 4.69) is 0 Å². The van der Waals surface area contributed by atoms with Crippen molar-refractivity contribution in [3.63, 3.8) is 0 Å². The van der Waals surface area contributed by atoms with Gasteiger partial charge in [-0.25, -0.2) is 8.42 Å². The van der Waals surface area contributed by atoms with Crippen molar-refractivity contribution in [3.8, 4) is 0 Å². The first-order valence-electron chi connectivity index (χ1n) is 9.24. The summed E-state index contributed by atoms with van der Waals surface area (Å²) in [5, 5.41) is 0. The number of ketones is 1. The van der Waals surface area contributed by atoms with Crippen LogP contribution in [0.2, 0.25) is 0 Å². The standard InChI is InChI=1S/C20H19F3N2O4S2/c1-14(26)15-6-8-16(9-7-15)31(28,29)25-12-10-24(11-13-25)19(27)17-4-2-3-5-18(17)30-20(21,22)23/h2-9H,10-13H2,1H3. The van der Waals surface area contributed by atoms with Gasteiger partial charge in [-0.05, 0) is 43.0 Å². The minimum absolute atomic E-state index is 0.0110. The molecule has 2 aromatic rings. The number of Topliss-reactive ketones (excluding diaryl/α,β-unsaturated/α-hetero) is 1. The first kappa shape index (κ1) is 23.3. The van der Waals surface area contributed by atoms with Gasteiger partial charge in [0.1, 0.15) is 0 Å². The van der Waals surface area contributed by atoms with Gasteiger partial charge in [-0.15, -0.1) is 0 Å². The number of rotatable bonds is 5. The normalized spacial score (nSPS) is 15.7. The fourth-order valence-corrected chi connectivity index (χ4v) is 5.25. The number of carbonyl (C=O) groups is 2. The van der Waals surface area contributed by atoms with Crippen LogP contribution in [0.1, 0.15) is 27.6 Å². The van der Waals surface area contributed by atoms with Gasteiger partial charge in [-0.3, -0.25) is 9.59 Å². The molecular formula is C20H19F3N2O4S2. The van der Waals surface area contributed by atoms with Crippen LogP contribution >= 0.6 is 11.8 Å². The third-order valence-corrected chi connectivity index (χ3v) is 7.49. The third kappa shape index (κ3) is 5.46. The number of sulfonamides is 1. The lowest BCUT2D eigenvalue weighted by molar-refractivity contribution is -0.0328. The molecule has 3 rings (SSSR count). The summed E-state index contributed by atoms with van der Waals surface area (Å²) in [6, 6.07) is 11.1. The number of hydrogen-bond acceptors (Lipinski definition) is 5. The SMILES string of the molecule is CC(=O)c1ccc(S(=O)(=O)N2CCN(C(=O)c3ccccc3SC(F)(F)F)CC2)cc1. The Balaban J connectivity index is 1.71. The van der Waals surface area contributed by atoms with Crippen molar-refractivity contribution in [2.45, 2.75) is 22.2 Å². The van der Waals surface area contributed by atoms with Crippen molar-refractivity contribution in [2.24, 2.45) is 0 Å². The topological polar surface area (TPSA) is 74.8 Å². The fourth-order valence-electron chi connectivity index (χ4n) is 3.17. The van der Waals surface area contributed by atoms with Crippen LogP contribution in [0.15, 0.2) is 58.3 Å². The number of hydrogen-bond donors (Lipinski definition) is 0. The second kappa shape index (κ2) is 9.01. The summed E-state index contributed by atoms with van der Waals surface area (Å²) < 4.78 is 65.2. The van der Waals surface area contributed by atoms with Crippen molar-refractivity contribution in [3.05, 3.63) is 59.7 Å². The predicted octanol–water partition coefficient (Wildman–Crippen LogP) is 3.65. The van der Waals surface area contributed by atoms with Gasteiger partial charge in [0, 0.05) is 36.6 Å². The van der Waals surface area contributed by atoms with E-state index in [1.54, 1.807) is 0 Å². The minimum Gasteiger partial charge on any atom is -0.336 e. The lowest BCUT2D eigenvalue weighted by Crippen LogP contribution is -2.50. The van der Waals surface area contributed by atoms with E-state index >= 15 is 0 Å². The summed E-state index contributed by atoms with van der Waals surface area (Å²) in [5.41, 5.74) is -4.20. The van der Waals surface area contributed by atoms with Crippen LogP contribution in [-0.2, 0) is 10.0 Å². The van der Waals surface area contributed by atoms with E-state index in [-0.39, 0.29) is 59.1 Å². The summed E-state index contributed by atoms with van der Waals surface area (Å²) in [6.45, 7) is 1.50. The molecule has 1 aliphatic rings. The maximum Gasteiger partial charge on any atom is 0.446 e. The van der Waals surface area contributed by atoms with Crippen molar-refractivity contribution in [1.29, 1.82) is 0 Å². The second-order valence-corrected chi connectivity index (χ2v) is 9.87. The minimum atomic E-state index is -4.53. The van der Waals surface area contributed by atoms with E-state index in [1.165, 1.54) is 64.7 Å². The zero-order valence-corrected chi connectivity index (χ0v) is 18.1. The highest BCUT2D eigenvalue weighted by atomic mass is 32.2. The molecule has 2 aromatic carbocycles. The molecule has 0 aliphatic carbocycles.